The molecule has 0 saturated carbocycles. The van der Waals surface area contributed by atoms with Crippen LogP contribution < -0.4 is 15.0 Å². The number of anilines is 1. The average Bonchev–Trinajstić information content (AvgIpc) is 2.99. The number of piperazine rings is 1. The largest absolute Gasteiger partial charge is 0.573 e. The van der Waals surface area contributed by atoms with Crippen LogP contribution in [0, 0.1) is 6.92 Å². The molecule has 1 amide bonds. The maximum Gasteiger partial charge on any atom is 0.573 e. The molecule has 154 valence electrons. The van der Waals surface area contributed by atoms with Crippen molar-refractivity contribution in [2.75, 3.05) is 31.1 Å². The third kappa shape index (κ3) is 4.32. The molecule has 0 unspecified atom stereocenters. The van der Waals surface area contributed by atoms with Gasteiger partial charge in [0.25, 0.3) is 5.91 Å². The van der Waals surface area contributed by atoms with Crippen LogP contribution in [-0.4, -0.2) is 43.3 Å². The SMILES string of the molecule is Cc1cc(N2CCNCC2)cc2c1C(=O)N(Cc1ccc(OC(F)(F)F)cc1)C2. The topological polar surface area (TPSA) is 44.8 Å². The zero-order valence-electron chi connectivity index (χ0n) is 16.1. The van der Waals surface area contributed by atoms with Gasteiger partial charge in [-0.2, -0.15) is 0 Å². The van der Waals surface area contributed by atoms with E-state index in [1.165, 1.54) is 12.1 Å². The molecule has 2 aliphatic heterocycles. The van der Waals surface area contributed by atoms with Crippen molar-refractivity contribution in [1.82, 2.24) is 10.2 Å². The fourth-order valence-corrected chi connectivity index (χ4v) is 3.96. The molecule has 2 heterocycles. The second-order valence-electron chi connectivity index (χ2n) is 7.39. The number of amides is 1. The number of alkyl halides is 3. The van der Waals surface area contributed by atoms with Gasteiger partial charge in [-0.15, -0.1) is 13.2 Å². The zero-order valence-corrected chi connectivity index (χ0v) is 16.1. The molecule has 0 radical (unpaired) electrons. The van der Waals surface area contributed by atoms with Gasteiger partial charge in [-0.1, -0.05) is 12.1 Å². The van der Waals surface area contributed by atoms with E-state index < -0.39 is 6.36 Å². The predicted octanol–water partition coefficient (Wildman–Crippen LogP) is 3.46. The van der Waals surface area contributed by atoms with E-state index in [0.29, 0.717) is 13.1 Å². The van der Waals surface area contributed by atoms with Gasteiger partial charge in [0.05, 0.1) is 0 Å². The number of hydrogen-bond donors (Lipinski definition) is 1. The first-order chi connectivity index (χ1) is 13.8. The first kappa shape index (κ1) is 19.6. The lowest BCUT2D eigenvalue weighted by atomic mass is 10.0. The number of carbonyl (C=O) groups is 1. The summed E-state index contributed by atoms with van der Waals surface area (Å²) in [7, 11) is 0. The highest BCUT2D eigenvalue weighted by molar-refractivity contribution is 6.00. The predicted molar refractivity (Wildman–Crippen MR) is 103 cm³/mol. The van der Waals surface area contributed by atoms with E-state index in [2.05, 4.69) is 27.1 Å². The quantitative estimate of drug-likeness (QED) is 0.846. The number of benzene rings is 2. The van der Waals surface area contributed by atoms with Crippen LogP contribution in [0.25, 0.3) is 0 Å². The number of nitrogens with one attached hydrogen (secondary N) is 1. The number of hydrogen-bond acceptors (Lipinski definition) is 4. The normalized spacial score (nSPS) is 16.9. The molecule has 2 aliphatic rings. The van der Waals surface area contributed by atoms with Crippen molar-refractivity contribution in [1.29, 1.82) is 0 Å². The van der Waals surface area contributed by atoms with E-state index in [1.54, 1.807) is 17.0 Å². The maximum absolute atomic E-state index is 12.9. The minimum absolute atomic E-state index is 0.0417. The van der Waals surface area contributed by atoms with Crippen LogP contribution in [0.2, 0.25) is 0 Å². The number of fused-ring (bicyclic) bond motifs is 1. The third-order valence-corrected chi connectivity index (χ3v) is 5.28. The van der Waals surface area contributed by atoms with Gasteiger partial charge >= 0.3 is 6.36 Å². The number of halogens is 3. The Balaban J connectivity index is 1.48. The van der Waals surface area contributed by atoms with Gasteiger partial charge in [0.15, 0.2) is 0 Å². The number of carbonyl (C=O) groups excluding carboxylic acids is 1. The van der Waals surface area contributed by atoms with E-state index in [-0.39, 0.29) is 11.7 Å². The lowest BCUT2D eigenvalue weighted by molar-refractivity contribution is -0.274. The fraction of sp³-hybridized carbons (Fsp3) is 0.381. The van der Waals surface area contributed by atoms with Crippen LogP contribution >= 0.6 is 0 Å². The highest BCUT2D eigenvalue weighted by Gasteiger charge is 2.32. The van der Waals surface area contributed by atoms with Crippen molar-refractivity contribution < 1.29 is 22.7 Å². The minimum Gasteiger partial charge on any atom is -0.406 e. The molecule has 5 nitrogen and oxygen atoms in total. The van der Waals surface area contributed by atoms with Crippen molar-refractivity contribution in [3.8, 4) is 5.75 Å². The third-order valence-electron chi connectivity index (χ3n) is 5.28. The van der Waals surface area contributed by atoms with Crippen LogP contribution in [-0.2, 0) is 13.1 Å². The second-order valence-corrected chi connectivity index (χ2v) is 7.39. The Morgan fingerprint density at radius 3 is 2.45 bits per heavy atom. The molecule has 1 fully saturated rings. The van der Waals surface area contributed by atoms with Crippen molar-refractivity contribution in [2.24, 2.45) is 0 Å². The Hall–Kier alpha value is -2.74. The molecule has 0 bridgehead atoms. The molecular formula is C21H22F3N3O2. The average molecular weight is 405 g/mol. The van der Waals surface area contributed by atoms with Gasteiger partial charge < -0.3 is 19.9 Å². The van der Waals surface area contributed by atoms with Crippen molar-refractivity contribution in [3.63, 3.8) is 0 Å². The first-order valence-electron chi connectivity index (χ1n) is 9.53. The summed E-state index contributed by atoms with van der Waals surface area (Å²) in [6.45, 7) is 6.53. The molecule has 2 aromatic rings. The van der Waals surface area contributed by atoms with Crippen molar-refractivity contribution in [2.45, 2.75) is 26.4 Å². The maximum atomic E-state index is 12.9. The summed E-state index contributed by atoms with van der Waals surface area (Å²) in [4.78, 5) is 16.9. The van der Waals surface area contributed by atoms with Crippen LogP contribution in [0.4, 0.5) is 18.9 Å². The summed E-state index contributed by atoms with van der Waals surface area (Å²) in [5, 5.41) is 3.33. The zero-order chi connectivity index (χ0) is 20.6. The highest BCUT2D eigenvalue weighted by Crippen LogP contribution is 2.32. The molecule has 29 heavy (non-hydrogen) atoms. The second kappa shape index (κ2) is 7.59. The van der Waals surface area contributed by atoms with Crippen molar-refractivity contribution >= 4 is 11.6 Å². The van der Waals surface area contributed by atoms with E-state index in [1.807, 2.05) is 6.92 Å². The van der Waals surface area contributed by atoms with Gasteiger partial charge in [-0.25, -0.2) is 0 Å². The number of rotatable bonds is 4. The van der Waals surface area contributed by atoms with Gasteiger partial charge in [-0.05, 0) is 47.9 Å². The number of aryl methyl sites for hydroxylation is 1. The lowest BCUT2D eigenvalue weighted by Gasteiger charge is -2.30. The van der Waals surface area contributed by atoms with Crippen molar-refractivity contribution in [3.05, 3.63) is 58.7 Å². The molecular weight excluding hydrogens is 383 g/mol. The monoisotopic (exact) mass is 405 g/mol. The lowest BCUT2D eigenvalue weighted by Crippen LogP contribution is -2.43. The Labute approximate surface area is 167 Å². The number of ether oxygens (including phenoxy) is 1. The highest BCUT2D eigenvalue weighted by atomic mass is 19.4. The smallest absolute Gasteiger partial charge is 0.406 e. The Morgan fingerprint density at radius 1 is 1.10 bits per heavy atom. The number of nitrogens with zero attached hydrogens (tertiary/aromatic N) is 2. The van der Waals surface area contributed by atoms with E-state index in [0.717, 1.165) is 54.1 Å². The molecule has 4 rings (SSSR count). The standard InChI is InChI=1S/C21H22F3N3O2/c1-14-10-17(26-8-6-25-7-9-26)11-16-13-27(20(28)19(14)16)12-15-2-4-18(5-3-15)29-21(22,23)24/h2-5,10-11,25H,6-9,12-13H2,1H3. The molecule has 1 saturated heterocycles. The van der Waals surface area contributed by atoms with Crippen LogP contribution in [0.3, 0.4) is 0 Å². The first-order valence-corrected chi connectivity index (χ1v) is 9.53. The van der Waals surface area contributed by atoms with E-state index in [4.69, 9.17) is 0 Å². The van der Waals surface area contributed by atoms with Crippen LogP contribution in [0.1, 0.15) is 27.0 Å². The van der Waals surface area contributed by atoms with E-state index >= 15 is 0 Å². The molecule has 2 aromatic carbocycles. The molecule has 0 aliphatic carbocycles. The Bertz CT molecular complexity index is 907. The molecule has 0 spiro atoms. The molecule has 0 atom stereocenters. The molecule has 1 N–H and O–H groups in total. The van der Waals surface area contributed by atoms with Gasteiger partial charge in [0.1, 0.15) is 5.75 Å². The summed E-state index contributed by atoms with van der Waals surface area (Å²) in [6.07, 6.45) is -4.71. The summed E-state index contributed by atoms with van der Waals surface area (Å²) < 4.78 is 40.8. The Morgan fingerprint density at radius 2 is 1.79 bits per heavy atom. The van der Waals surface area contributed by atoms with Crippen LogP contribution in [0.5, 0.6) is 5.75 Å². The van der Waals surface area contributed by atoms with E-state index in [9.17, 15) is 18.0 Å². The summed E-state index contributed by atoms with van der Waals surface area (Å²) in [5.74, 6) is -0.311. The fourth-order valence-electron chi connectivity index (χ4n) is 3.96. The van der Waals surface area contributed by atoms with Crippen LogP contribution in [0.15, 0.2) is 36.4 Å². The molecule has 8 heteroatoms. The minimum atomic E-state index is -4.71. The summed E-state index contributed by atoms with van der Waals surface area (Å²) >= 11 is 0. The Kier molecular flexibility index (Phi) is 5.12. The van der Waals surface area contributed by atoms with Gasteiger partial charge in [-0.3, -0.25) is 4.79 Å². The van der Waals surface area contributed by atoms with Gasteiger partial charge in [0, 0.05) is 50.5 Å². The molecule has 0 aromatic heterocycles. The van der Waals surface area contributed by atoms with Gasteiger partial charge in [0.2, 0.25) is 0 Å². The summed E-state index contributed by atoms with van der Waals surface area (Å²) in [5.41, 5.74) is 4.57. The summed E-state index contributed by atoms with van der Waals surface area (Å²) in [6, 6.07) is 9.79.